The Morgan fingerprint density at radius 2 is 1.87 bits per heavy atom. The number of rotatable bonds is 6. The normalized spacial score (nSPS) is 11.9. The Morgan fingerprint density at radius 1 is 1.17 bits per heavy atom. The molecule has 0 aliphatic carbocycles. The maximum atomic E-state index is 12.2. The van der Waals surface area contributed by atoms with E-state index < -0.39 is 5.91 Å². The van der Waals surface area contributed by atoms with Crippen molar-refractivity contribution in [1.82, 2.24) is 15.3 Å². The fourth-order valence-electron chi connectivity index (χ4n) is 2.12. The van der Waals surface area contributed by atoms with Crippen molar-refractivity contribution < 1.29 is 4.79 Å². The van der Waals surface area contributed by atoms with Gasteiger partial charge >= 0.3 is 0 Å². The zero-order valence-electron chi connectivity index (χ0n) is 12.5. The highest BCUT2D eigenvalue weighted by Gasteiger charge is 2.17. The molecule has 8 heteroatoms. The molecule has 1 aromatic carbocycles. The predicted molar refractivity (Wildman–Crippen MR) is 90.9 cm³/mol. The molecule has 23 heavy (non-hydrogen) atoms. The zero-order chi connectivity index (χ0) is 16.8. The van der Waals surface area contributed by atoms with Crippen LogP contribution in [0.3, 0.4) is 0 Å². The third-order valence-corrected chi connectivity index (χ3v) is 3.65. The number of benzene rings is 1. The van der Waals surface area contributed by atoms with Gasteiger partial charge in [0.05, 0.1) is 0 Å². The lowest BCUT2D eigenvalue weighted by Gasteiger charge is -2.16. The van der Waals surface area contributed by atoms with Crippen molar-refractivity contribution in [2.45, 2.75) is 6.42 Å². The Labute approximate surface area is 139 Å². The average molecular weight is 335 g/mol. The Bertz CT molecular complexity index is 679. The molecule has 0 saturated heterocycles. The maximum Gasteiger partial charge on any atom is 0.273 e. The molecule has 1 amide bonds. The second kappa shape index (κ2) is 7.75. The number of hydrogen-bond donors (Lipinski definition) is 4. The van der Waals surface area contributed by atoms with Crippen LogP contribution in [0.25, 0.3) is 0 Å². The van der Waals surface area contributed by atoms with Crippen LogP contribution in [0.2, 0.25) is 5.15 Å². The summed E-state index contributed by atoms with van der Waals surface area (Å²) < 4.78 is 0. The van der Waals surface area contributed by atoms with Gasteiger partial charge in [0.15, 0.2) is 22.5 Å². The molecule has 1 heterocycles. The van der Waals surface area contributed by atoms with E-state index in [1.54, 1.807) is 0 Å². The largest absolute Gasteiger partial charge is 0.382 e. The van der Waals surface area contributed by atoms with Crippen molar-refractivity contribution in [3.63, 3.8) is 0 Å². The molecule has 122 valence electrons. The number of nitrogens with two attached hydrogens (primary N) is 3. The molecule has 1 atom stereocenters. The zero-order valence-corrected chi connectivity index (χ0v) is 13.3. The highest BCUT2D eigenvalue weighted by Crippen LogP contribution is 2.17. The van der Waals surface area contributed by atoms with Gasteiger partial charge in [-0.05, 0) is 24.4 Å². The second-order valence-electron chi connectivity index (χ2n) is 5.13. The number of nitrogen functional groups attached to an aromatic ring is 2. The van der Waals surface area contributed by atoms with E-state index in [4.69, 9.17) is 28.8 Å². The number of hydrogen-bond acceptors (Lipinski definition) is 6. The number of nitrogens with one attached hydrogen (secondary N) is 1. The summed E-state index contributed by atoms with van der Waals surface area (Å²) in [7, 11) is 0. The number of halogens is 1. The van der Waals surface area contributed by atoms with Crippen molar-refractivity contribution in [3.05, 3.63) is 46.7 Å². The molecule has 0 saturated carbocycles. The van der Waals surface area contributed by atoms with Gasteiger partial charge < -0.3 is 22.5 Å². The predicted octanol–water partition coefficient (Wildman–Crippen LogP) is 0.842. The lowest BCUT2D eigenvalue weighted by molar-refractivity contribution is 0.0943. The van der Waals surface area contributed by atoms with Crippen LogP contribution in [0.15, 0.2) is 30.3 Å². The van der Waals surface area contributed by atoms with Crippen molar-refractivity contribution in [2.75, 3.05) is 24.6 Å². The highest BCUT2D eigenvalue weighted by atomic mass is 35.5. The van der Waals surface area contributed by atoms with Crippen LogP contribution >= 0.6 is 11.6 Å². The van der Waals surface area contributed by atoms with Gasteiger partial charge in [0.1, 0.15) is 0 Å². The lowest BCUT2D eigenvalue weighted by atomic mass is 9.99. The summed E-state index contributed by atoms with van der Waals surface area (Å²) in [6.45, 7) is 0.839. The van der Waals surface area contributed by atoms with E-state index in [1.165, 1.54) is 0 Å². The number of carbonyl (C=O) groups is 1. The fourth-order valence-corrected chi connectivity index (χ4v) is 2.24. The summed E-state index contributed by atoms with van der Waals surface area (Å²) in [6, 6.07) is 9.93. The van der Waals surface area contributed by atoms with Crippen molar-refractivity contribution in [2.24, 2.45) is 11.7 Å². The number of anilines is 2. The molecule has 0 bridgehead atoms. The highest BCUT2D eigenvalue weighted by molar-refractivity contribution is 6.31. The van der Waals surface area contributed by atoms with Crippen LogP contribution in [0, 0.1) is 5.92 Å². The van der Waals surface area contributed by atoms with Gasteiger partial charge in [-0.1, -0.05) is 41.9 Å². The van der Waals surface area contributed by atoms with Crippen LogP contribution < -0.4 is 22.5 Å². The van der Waals surface area contributed by atoms with Gasteiger partial charge in [-0.2, -0.15) is 0 Å². The van der Waals surface area contributed by atoms with Gasteiger partial charge in [-0.15, -0.1) is 0 Å². The monoisotopic (exact) mass is 334 g/mol. The summed E-state index contributed by atoms with van der Waals surface area (Å²) in [5, 5.41) is 2.70. The molecule has 1 aromatic heterocycles. The minimum absolute atomic E-state index is 0.00960. The van der Waals surface area contributed by atoms with E-state index in [2.05, 4.69) is 15.3 Å². The molecule has 0 unspecified atom stereocenters. The molecule has 0 aliphatic heterocycles. The Balaban J connectivity index is 1.98. The van der Waals surface area contributed by atoms with E-state index in [9.17, 15) is 4.79 Å². The molecule has 0 fully saturated rings. The third kappa shape index (κ3) is 4.54. The van der Waals surface area contributed by atoms with Crippen LogP contribution in [-0.4, -0.2) is 29.0 Å². The first-order valence-electron chi connectivity index (χ1n) is 7.12. The van der Waals surface area contributed by atoms with E-state index in [1.807, 2.05) is 30.3 Å². The molecule has 0 aliphatic rings. The van der Waals surface area contributed by atoms with E-state index >= 15 is 0 Å². The Kier molecular flexibility index (Phi) is 5.72. The Morgan fingerprint density at radius 3 is 2.52 bits per heavy atom. The van der Waals surface area contributed by atoms with Crippen molar-refractivity contribution >= 4 is 29.1 Å². The van der Waals surface area contributed by atoms with Crippen LogP contribution in [-0.2, 0) is 6.42 Å². The van der Waals surface area contributed by atoms with Gasteiger partial charge in [0, 0.05) is 6.54 Å². The summed E-state index contributed by atoms with van der Waals surface area (Å²) in [6.07, 6.45) is 0.765. The lowest BCUT2D eigenvalue weighted by Crippen LogP contribution is -2.34. The average Bonchev–Trinajstić information content (AvgIpc) is 2.55. The molecule has 0 spiro atoms. The molecule has 0 radical (unpaired) electrons. The Hall–Kier alpha value is -2.38. The quantitative estimate of drug-likeness (QED) is 0.618. The first-order chi connectivity index (χ1) is 11.0. The van der Waals surface area contributed by atoms with Gasteiger partial charge in [-0.3, -0.25) is 4.79 Å². The van der Waals surface area contributed by atoms with E-state index in [0.717, 1.165) is 12.0 Å². The standard InChI is InChI=1S/C15H19ClN6O/c16-12-14(19)22-13(18)11(21-12)15(23)20-8-10(7-17)6-9-4-2-1-3-5-9/h1-5,10H,6-8,17H2,(H,20,23)(H4,18,19,22)/t10-/m0/s1. The molecule has 7 nitrogen and oxygen atoms in total. The first kappa shape index (κ1) is 17.0. The first-order valence-corrected chi connectivity index (χ1v) is 7.49. The number of aromatic nitrogens is 2. The SMILES string of the molecule is NC[C@@H](CNC(=O)c1nc(Cl)c(N)nc1N)Cc1ccccc1. The molecule has 7 N–H and O–H groups in total. The minimum Gasteiger partial charge on any atom is -0.382 e. The van der Waals surface area contributed by atoms with Crippen LogP contribution in [0.1, 0.15) is 16.1 Å². The molecule has 2 rings (SSSR count). The summed E-state index contributed by atoms with van der Waals surface area (Å²) in [5.41, 5.74) is 18.0. The second-order valence-corrected chi connectivity index (χ2v) is 5.49. The third-order valence-electron chi connectivity index (χ3n) is 3.37. The van der Waals surface area contributed by atoms with E-state index in [0.29, 0.717) is 13.1 Å². The summed E-state index contributed by atoms with van der Waals surface area (Å²) in [5.74, 6) is -0.426. The van der Waals surface area contributed by atoms with Gasteiger partial charge in [-0.25, -0.2) is 9.97 Å². The van der Waals surface area contributed by atoms with Crippen LogP contribution in [0.5, 0.6) is 0 Å². The van der Waals surface area contributed by atoms with Gasteiger partial charge in [0.25, 0.3) is 5.91 Å². The summed E-state index contributed by atoms with van der Waals surface area (Å²) >= 11 is 5.77. The van der Waals surface area contributed by atoms with E-state index in [-0.39, 0.29) is 28.4 Å². The fraction of sp³-hybridized carbons (Fsp3) is 0.267. The molecular weight excluding hydrogens is 316 g/mol. The number of nitrogens with zero attached hydrogens (tertiary/aromatic N) is 2. The molecular formula is C15H19ClN6O. The van der Waals surface area contributed by atoms with Crippen LogP contribution in [0.4, 0.5) is 11.6 Å². The minimum atomic E-state index is -0.455. The topological polar surface area (TPSA) is 133 Å². The summed E-state index contributed by atoms with van der Waals surface area (Å²) in [4.78, 5) is 19.8. The maximum absolute atomic E-state index is 12.2. The smallest absolute Gasteiger partial charge is 0.273 e. The molecule has 2 aromatic rings. The van der Waals surface area contributed by atoms with Crippen molar-refractivity contribution in [1.29, 1.82) is 0 Å². The van der Waals surface area contributed by atoms with Gasteiger partial charge in [0.2, 0.25) is 0 Å². The number of carbonyl (C=O) groups excluding carboxylic acids is 1. The van der Waals surface area contributed by atoms with Crippen molar-refractivity contribution in [3.8, 4) is 0 Å². The number of amides is 1.